The lowest BCUT2D eigenvalue weighted by atomic mass is 9.69. The Bertz CT molecular complexity index is 457. The van der Waals surface area contributed by atoms with E-state index in [1.54, 1.807) is 24.3 Å². The van der Waals surface area contributed by atoms with Gasteiger partial charge in [-0.15, -0.1) is 0 Å². The molecule has 0 heterocycles. The van der Waals surface area contributed by atoms with Crippen LogP contribution in [-0.4, -0.2) is 16.8 Å². The van der Waals surface area contributed by atoms with E-state index in [0.29, 0.717) is 35.1 Å². The average molecular weight is 286 g/mol. The van der Waals surface area contributed by atoms with Crippen molar-refractivity contribution >= 4 is 17.7 Å². The van der Waals surface area contributed by atoms with Crippen LogP contribution in [0.5, 0.6) is 0 Å². The van der Waals surface area contributed by atoms with Gasteiger partial charge in [0.05, 0.1) is 5.41 Å². The number of alkyl halides is 2. The summed E-state index contributed by atoms with van der Waals surface area (Å²) in [6.45, 7) is 0. The molecule has 19 heavy (non-hydrogen) atoms. The highest BCUT2D eigenvalue weighted by atomic mass is 32.2. The summed E-state index contributed by atoms with van der Waals surface area (Å²) in [6.07, 6.45) is 3.74. The highest BCUT2D eigenvalue weighted by molar-refractivity contribution is 7.99. The second-order valence-corrected chi connectivity index (χ2v) is 5.85. The lowest BCUT2D eigenvalue weighted by molar-refractivity contribution is -0.145. The zero-order chi connectivity index (χ0) is 13.9. The number of hydrogen-bond donors (Lipinski definition) is 1. The molecule has 0 aromatic heterocycles. The number of halogens is 2. The highest BCUT2D eigenvalue weighted by Gasteiger charge is 2.42. The number of hydrogen-bond acceptors (Lipinski definition) is 2. The van der Waals surface area contributed by atoms with Gasteiger partial charge >= 0.3 is 5.97 Å². The summed E-state index contributed by atoms with van der Waals surface area (Å²) in [5.74, 6) is -3.43. The second-order valence-electron chi connectivity index (χ2n) is 4.82. The summed E-state index contributed by atoms with van der Waals surface area (Å²) in [4.78, 5) is 12.1. The predicted octanol–water partition coefficient (Wildman–Crippen LogP) is 4.29. The molecule has 1 aliphatic carbocycles. The van der Waals surface area contributed by atoms with Gasteiger partial charge in [0.25, 0.3) is 5.76 Å². The monoisotopic (exact) mass is 286 g/mol. The fourth-order valence-corrected chi connectivity index (χ4v) is 3.55. The third-order valence-electron chi connectivity index (χ3n) is 3.74. The molecule has 104 valence electrons. The first-order valence-electron chi connectivity index (χ1n) is 6.34. The van der Waals surface area contributed by atoms with Gasteiger partial charge in [-0.25, -0.2) is 0 Å². The van der Waals surface area contributed by atoms with E-state index < -0.39 is 17.1 Å². The summed E-state index contributed by atoms with van der Waals surface area (Å²) in [5, 5.41) is 9.60. The number of carboxylic acids is 1. The third-order valence-corrected chi connectivity index (χ3v) is 4.52. The van der Waals surface area contributed by atoms with Crippen molar-refractivity contribution in [1.82, 2.24) is 0 Å². The Labute approximate surface area is 115 Å². The van der Waals surface area contributed by atoms with Crippen LogP contribution in [0.2, 0.25) is 0 Å². The molecule has 0 atom stereocenters. The molecule has 2 nitrogen and oxygen atoms in total. The van der Waals surface area contributed by atoms with Gasteiger partial charge in [-0.3, -0.25) is 4.79 Å². The SMILES string of the molecule is O=C(O)C1(c2ccccc2SC(F)F)CCCCC1. The van der Waals surface area contributed by atoms with Gasteiger partial charge in [-0.1, -0.05) is 49.2 Å². The molecule has 1 aliphatic rings. The number of carboxylic acid groups (broad SMARTS) is 1. The van der Waals surface area contributed by atoms with E-state index in [1.165, 1.54) is 0 Å². The van der Waals surface area contributed by atoms with E-state index in [4.69, 9.17) is 0 Å². The molecule has 0 radical (unpaired) electrons. The molecule has 0 bridgehead atoms. The van der Waals surface area contributed by atoms with Crippen LogP contribution >= 0.6 is 11.8 Å². The standard InChI is InChI=1S/C14H16F2O2S/c15-13(16)19-11-7-3-2-6-10(11)14(12(17)18)8-4-1-5-9-14/h2-3,6-7,13H,1,4-5,8-9H2,(H,17,18). The minimum atomic E-state index is -2.53. The molecule has 0 saturated heterocycles. The Balaban J connectivity index is 2.44. The summed E-state index contributed by atoms with van der Waals surface area (Å²) >= 11 is 0.438. The van der Waals surface area contributed by atoms with Crippen molar-refractivity contribution in [3.63, 3.8) is 0 Å². The number of carbonyl (C=O) groups is 1. The van der Waals surface area contributed by atoms with E-state index in [9.17, 15) is 18.7 Å². The maximum absolute atomic E-state index is 12.6. The lowest BCUT2D eigenvalue weighted by Crippen LogP contribution is -2.38. The smallest absolute Gasteiger partial charge is 0.314 e. The number of benzene rings is 1. The molecular weight excluding hydrogens is 270 g/mol. The largest absolute Gasteiger partial charge is 0.481 e. The van der Waals surface area contributed by atoms with Crippen LogP contribution in [0.15, 0.2) is 29.2 Å². The van der Waals surface area contributed by atoms with Crippen LogP contribution in [-0.2, 0) is 10.2 Å². The molecule has 0 spiro atoms. The van der Waals surface area contributed by atoms with Crippen LogP contribution in [0.3, 0.4) is 0 Å². The average Bonchev–Trinajstić information content (AvgIpc) is 2.39. The third kappa shape index (κ3) is 2.91. The molecule has 5 heteroatoms. The van der Waals surface area contributed by atoms with Crippen LogP contribution in [0.1, 0.15) is 37.7 Å². The molecule has 0 unspecified atom stereocenters. The molecule has 1 N–H and O–H groups in total. The Morgan fingerprint density at radius 1 is 1.21 bits per heavy atom. The van der Waals surface area contributed by atoms with Crippen molar-refractivity contribution < 1.29 is 18.7 Å². The van der Waals surface area contributed by atoms with Gasteiger partial charge in [0.1, 0.15) is 0 Å². The molecule has 1 aromatic carbocycles. The maximum Gasteiger partial charge on any atom is 0.314 e. The van der Waals surface area contributed by atoms with Crippen LogP contribution in [0.4, 0.5) is 8.78 Å². The number of rotatable bonds is 4. The van der Waals surface area contributed by atoms with Gasteiger partial charge in [-0.05, 0) is 24.5 Å². The van der Waals surface area contributed by atoms with Gasteiger partial charge in [0.15, 0.2) is 0 Å². The van der Waals surface area contributed by atoms with Crippen molar-refractivity contribution in [3.8, 4) is 0 Å². The summed E-state index contributed by atoms with van der Waals surface area (Å²) in [5.41, 5.74) is -0.441. The summed E-state index contributed by atoms with van der Waals surface area (Å²) in [7, 11) is 0. The van der Waals surface area contributed by atoms with E-state index in [-0.39, 0.29) is 0 Å². The van der Waals surface area contributed by atoms with Crippen LogP contribution < -0.4 is 0 Å². The predicted molar refractivity (Wildman–Crippen MR) is 70.7 cm³/mol. The maximum atomic E-state index is 12.6. The normalized spacial score (nSPS) is 18.5. The highest BCUT2D eigenvalue weighted by Crippen LogP contribution is 2.44. The van der Waals surface area contributed by atoms with Crippen molar-refractivity contribution in [3.05, 3.63) is 29.8 Å². The summed E-state index contributed by atoms with van der Waals surface area (Å²) < 4.78 is 25.2. The quantitative estimate of drug-likeness (QED) is 0.839. The van der Waals surface area contributed by atoms with Gasteiger partial charge in [-0.2, -0.15) is 8.78 Å². The first-order chi connectivity index (χ1) is 9.06. The zero-order valence-electron chi connectivity index (χ0n) is 10.4. The fourth-order valence-electron chi connectivity index (χ4n) is 2.81. The lowest BCUT2D eigenvalue weighted by Gasteiger charge is -2.34. The Morgan fingerprint density at radius 2 is 1.84 bits per heavy atom. The van der Waals surface area contributed by atoms with E-state index >= 15 is 0 Å². The first kappa shape index (κ1) is 14.3. The zero-order valence-corrected chi connectivity index (χ0v) is 11.3. The Kier molecular flexibility index (Phi) is 4.45. The molecule has 0 amide bonds. The second kappa shape index (κ2) is 5.90. The van der Waals surface area contributed by atoms with Crippen molar-refractivity contribution in [1.29, 1.82) is 0 Å². The molecule has 2 rings (SSSR count). The molecule has 1 saturated carbocycles. The fraction of sp³-hybridized carbons (Fsp3) is 0.500. The Hall–Kier alpha value is -1.10. The van der Waals surface area contributed by atoms with Crippen LogP contribution in [0, 0.1) is 0 Å². The van der Waals surface area contributed by atoms with Crippen molar-refractivity contribution in [2.24, 2.45) is 0 Å². The van der Waals surface area contributed by atoms with E-state index in [0.717, 1.165) is 19.3 Å². The Morgan fingerprint density at radius 3 is 2.42 bits per heavy atom. The van der Waals surface area contributed by atoms with Crippen LogP contribution in [0.25, 0.3) is 0 Å². The molecule has 1 aromatic rings. The molecule has 1 fully saturated rings. The van der Waals surface area contributed by atoms with E-state index in [2.05, 4.69) is 0 Å². The molecular formula is C14H16F2O2S. The number of thioether (sulfide) groups is 1. The van der Waals surface area contributed by atoms with Crippen molar-refractivity contribution in [2.45, 2.75) is 48.2 Å². The van der Waals surface area contributed by atoms with E-state index in [1.807, 2.05) is 0 Å². The van der Waals surface area contributed by atoms with Gasteiger partial charge < -0.3 is 5.11 Å². The van der Waals surface area contributed by atoms with Crippen molar-refractivity contribution in [2.75, 3.05) is 0 Å². The summed E-state index contributed by atoms with van der Waals surface area (Å²) in [6, 6.07) is 6.67. The van der Waals surface area contributed by atoms with Gasteiger partial charge in [0, 0.05) is 4.90 Å². The minimum Gasteiger partial charge on any atom is -0.481 e. The number of aliphatic carboxylic acids is 1. The topological polar surface area (TPSA) is 37.3 Å². The first-order valence-corrected chi connectivity index (χ1v) is 7.22. The molecule has 0 aliphatic heterocycles. The minimum absolute atomic E-state index is 0.391. The van der Waals surface area contributed by atoms with Gasteiger partial charge in [0.2, 0.25) is 0 Å².